The van der Waals surface area contributed by atoms with E-state index < -0.39 is 99.8 Å². The number of esters is 3. The Morgan fingerprint density at radius 3 is 1.98 bits per heavy atom. The fourth-order valence-electron chi connectivity index (χ4n) is 10.3. The van der Waals surface area contributed by atoms with Gasteiger partial charge >= 0.3 is 17.9 Å². The summed E-state index contributed by atoms with van der Waals surface area (Å²) in [5, 5.41) is 29.2. The molecule has 3 N–H and O–H groups in total. The summed E-state index contributed by atoms with van der Waals surface area (Å²) in [5.41, 5.74) is -5.08. The quantitative estimate of drug-likeness (QED) is 0.137. The first-order valence-electron chi connectivity index (χ1n) is 20.2. The molecule has 59 heavy (non-hydrogen) atoms. The first-order chi connectivity index (χ1) is 27.9. The zero-order valence-corrected chi connectivity index (χ0v) is 34.5. The number of carbonyl (C=O) groups is 5. The minimum absolute atomic E-state index is 0.183. The van der Waals surface area contributed by atoms with Crippen LogP contribution in [-0.4, -0.2) is 82.0 Å². The number of rotatable bonds is 9. The van der Waals surface area contributed by atoms with Gasteiger partial charge in [-0.15, -0.1) is 0 Å². The smallest absolute Gasteiger partial charge is 0.338 e. The summed E-state index contributed by atoms with van der Waals surface area (Å²) >= 11 is 0. The van der Waals surface area contributed by atoms with Crippen LogP contribution in [0.5, 0.6) is 0 Å². The highest BCUT2D eigenvalue weighted by Gasteiger charge is 2.76. The molecule has 0 aromatic heterocycles. The number of ketones is 1. The van der Waals surface area contributed by atoms with E-state index in [4.69, 9.17) is 18.9 Å². The molecular weight excluding hydrogens is 755 g/mol. The highest BCUT2D eigenvalue weighted by atomic mass is 16.6. The van der Waals surface area contributed by atoms with E-state index in [2.05, 4.69) is 5.32 Å². The predicted molar refractivity (Wildman–Crippen MR) is 214 cm³/mol. The van der Waals surface area contributed by atoms with Gasteiger partial charge in [0.15, 0.2) is 11.9 Å². The first kappa shape index (κ1) is 42.0. The molecular formula is C47H53NO11. The van der Waals surface area contributed by atoms with E-state index in [1.54, 1.807) is 120 Å². The minimum Gasteiger partial charge on any atom is -0.457 e. The summed E-state index contributed by atoms with van der Waals surface area (Å²) in [7, 11) is 0. The van der Waals surface area contributed by atoms with Crippen LogP contribution in [0.3, 0.4) is 0 Å². The van der Waals surface area contributed by atoms with Crippen LogP contribution in [0.15, 0.2) is 102 Å². The molecule has 1 aliphatic heterocycles. The summed E-state index contributed by atoms with van der Waals surface area (Å²) in [4.78, 5) is 70.5. The van der Waals surface area contributed by atoms with Gasteiger partial charge in [-0.1, -0.05) is 94.4 Å². The number of Topliss-reactive ketones (excluding diaryl/α,β-unsaturated/α-hetero) is 1. The van der Waals surface area contributed by atoms with E-state index in [-0.39, 0.29) is 30.6 Å². The number of amides is 1. The molecule has 11 atom stereocenters. The molecule has 12 nitrogen and oxygen atoms in total. The van der Waals surface area contributed by atoms with Gasteiger partial charge in [-0.3, -0.25) is 19.2 Å². The fraction of sp³-hybridized carbons (Fsp3) is 0.468. The van der Waals surface area contributed by atoms with Gasteiger partial charge in [0.2, 0.25) is 0 Å². The molecule has 312 valence electrons. The van der Waals surface area contributed by atoms with Crippen molar-refractivity contribution in [1.29, 1.82) is 0 Å². The molecule has 0 radical (unpaired) electrons. The number of nitrogens with one attached hydrogen (secondary N) is 1. The molecule has 1 amide bonds. The molecule has 2 saturated carbocycles. The van der Waals surface area contributed by atoms with Crippen molar-refractivity contribution in [2.24, 2.45) is 28.6 Å². The fourth-order valence-corrected chi connectivity index (χ4v) is 10.3. The third-order valence-corrected chi connectivity index (χ3v) is 14.0. The molecule has 12 heteroatoms. The third-order valence-electron chi connectivity index (χ3n) is 14.0. The maximum Gasteiger partial charge on any atom is 0.338 e. The van der Waals surface area contributed by atoms with Crippen molar-refractivity contribution in [2.75, 3.05) is 6.61 Å². The lowest BCUT2D eigenvalue weighted by Crippen LogP contribution is -2.80. The molecule has 2 bridgehead atoms. The number of hydrogen-bond donors (Lipinski definition) is 3. The summed E-state index contributed by atoms with van der Waals surface area (Å²) in [6.07, 6.45) is -5.15. The lowest BCUT2D eigenvalue weighted by molar-refractivity contribution is -0.337. The molecule has 1 heterocycles. The van der Waals surface area contributed by atoms with Crippen LogP contribution >= 0.6 is 0 Å². The monoisotopic (exact) mass is 807 g/mol. The number of carbonyl (C=O) groups excluding carboxylic acids is 5. The van der Waals surface area contributed by atoms with E-state index in [0.717, 1.165) is 0 Å². The number of fused-ring (bicyclic) bond motifs is 5. The number of ether oxygens (including phenoxy) is 4. The number of benzene rings is 3. The van der Waals surface area contributed by atoms with Crippen LogP contribution in [0.4, 0.5) is 0 Å². The molecule has 3 fully saturated rings. The molecule has 1 saturated heterocycles. The maximum atomic E-state index is 15.4. The Labute approximate surface area is 344 Å². The van der Waals surface area contributed by atoms with Crippen molar-refractivity contribution in [1.82, 2.24) is 5.32 Å². The van der Waals surface area contributed by atoms with E-state index in [1.807, 2.05) is 13.0 Å². The molecule has 3 aromatic rings. The summed E-state index contributed by atoms with van der Waals surface area (Å²) in [6, 6.07) is 25.0. The highest BCUT2D eigenvalue weighted by Crippen LogP contribution is 2.64. The molecule has 0 spiro atoms. The van der Waals surface area contributed by atoms with Gasteiger partial charge in [-0.2, -0.15) is 0 Å². The lowest BCUT2D eigenvalue weighted by atomic mass is 9.43. The maximum absolute atomic E-state index is 15.4. The minimum atomic E-state index is -2.15. The summed E-state index contributed by atoms with van der Waals surface area (Å²) in [6.45, 7) is 11.2. The number of aliphatic hydroxyl groups is 2. The standard InChI is InChI=1S/C47H53NO11/c1-26-23-34-46(54,25-56-34)38-40(59-43(53)32-21-15-10-16-22-32)47(55)24-33(27(2)35(44(47,5)6)37(57-29(4)49)39(50)45(26,38)7)58-42(52)28(3)36(30-17-11-8-12-18-30)48-41(51)31-19-13-9-14-20-31/h8-22,26,28,33-34,36-38,40,54-55H,23-25H2,1-7H3,(H,48,51)/t26-,28+,33-,34?,36+,37+,38-,40-,45+,46-,47+/m0/s1. The van der Waals surface area contributed by atoms with Crippen LogP contribution in [0, 0.1) is 28.6 Å². The Morgan fingerprint density at radius 1 is 0.847 bits per heavy atom. The second-order valence-corrected chi connectivity index (χ2v) is 17.5. The van der Waals surface area contributed by atoms with Crippen LogP contribution in [0.25, 0.3) is 0 Å². The Morgan fingerprint density at radius 2 is 1.42 bits per heavy atom. The largest absolute Gasteiger partial charge is 0.457 e. The zero-order valence-electron chi connectivity index (χ0n) is 34.5. The average molecular weight is 808 g/mol. The van der Waals surface area contributed by atoms with Gasteiger partial charge in [0.05, 0.1) is 30.2 Å². The molecule has 7 rings (SSSR count). The Hall–Kier alpha value is -5.17. The average Bonchev–Trinajstić information content (AvgIpc) is 3.21. The van der Waals surface area contributed by atoms with E-state index in [0.29, 0.717) is 16.7 Å². The van der Waals surface area contributed by atoms with E-state index in [1.165, 1.54) is 6.92 Å². The Bertz CT molecular complexity index is 2160. The topological polar surface area (TPSA) is 175 Å². The van der Waals surface area contributed by atoms with Crippen LogP contribution < -0.4 is 5.32 Å². The second kappa shape index (κ2) is 15.5. The van der Waals surface area contributed by atoms with Crippen molar-refractivity contribution in [3.63, 3.8) is 0 Å². The van der Waals surface area contributed by atoms with Gasteiger partial charge < -0.3 is 34.5 Å². The van der Waals surface area contributed by atoms with Crippen LogP contribution in [-0.2, 0) is 33.3 Å². The molecule has 3 aliphatic carbocycles. The highest BCUT2D eigenvalue weighted by molar-refractivity contribution is 5.96. The van der Waals surface area contributed by atoms with Gasteiger partial charge in [0.25, 0.3) is 5.91 Å². The Kier molecular flexibility index (Phi) is 11.0. The summed E-state index contributed by atoms with van der Waals surface area (Å²) < 4.78 is 24.6. The lowest BCUT2D eigenvalue weighted by Gasteiger charge is -2.67. The van der Waals surface area contributed by atoms with Crippen molar-refractivity contribution in [3.05, 3.63) is 119 Å². The second-order valence-electron chi connectivity index (χ2n) is 17.5. The van der Waals surface area contributed by atoms with Gasteiger partial charge in [-0.25, -0.2) is 4.79 Å². The van der Waals surface area contributed by atoms with Crippen molar-refractivity contribution in [2.45, 2.75) is 103 Å². The zero-order chi connectivity index (χ0) is 42.7. The SMILES string of the molecule is CC(=O)O[C@H]1C(=O)[C@]2(C)[C@@H](C)CC3OC[C@@]3(O)[C@H]2[C@H](OC(=O)c2ccccc2)[C@]2(O)C[C@H](OC(=O)[C@H](C)[C@@H](NC(=O)c3ccccc3)c3ccccc3)C(C)=C1C2(C)C. The van der Waals surface area contributed by atoms with Crippen LogP contribution in [0.1, 0.15) is 93.6 Å². The predicted octanol–water partition coefficient (Wildman–Crippen LogP) is 5.72. The summed E-state index contributed by atoms with van der Waals surface area (Å²) in [5.74, 6) is -5.95. The van der Waals surface area contributed by atoms with Gasteiger partial charge in [0.1, 0.15) is 23.4 Å². The van der Waals surface area contributed by atoms with E-state index >= 15 is 4.79 Å². The van der Waals surface area contributed by atoms with Crippen molar-refractivity contribution in [3.8, 4) is 0 Å². The van der Waals surface area contributed by atoms with Gasteiger partial charge in [-0.05, 0) is 67.2 Å². The van der Waals surface area contributed by atoms with Crippen molar-refractivity contribution < 1.29 is 53.1 Å². The molecule has 4 aliphatic rings. The molecule has 3 aromatic carbocycles. The first-order valence-corrected chi connectivity index (χ1v) is 20.2. The Balaban J connectivity index is 1.36. The van der Waals surface area contributed by atoms with E-state index in [9.17, 15) is 29.4 Å². The van der Waals surface area contributed by atoms with Crippen LogP contribution in [0.2, 0.25) is 0 Å². The third kappa shape index (κ3) is 6.88. The van der Waals surface area contributed by atoms with Gasteiger partial charge in [0, 0.05) is 35.7 Å². The number of hydrogen-bond acceptors (Lipinski definition) is 11. The normalized spacial score (nSPS) is 33.0. The van der Waals surface area contributed by atoms with Crippen molar-refractivity contribution >= 4 is 29.6 Å². The molecule has 1 unspecified atom stereocenters.